The molecule has 0 saturated heterocycles. The molecule has 0 spiro atoms. The maximum absolute atomic E-state index is 3.67. The molecule has 3 heteroatoms. The summed E-state index contributed by atoms with van der Waals surface area (Å²) in [5.74, 6) is 1.09. The molecule has 0 aliphatic heterocycles. The fraction of sp³-hybridized carbons (Fsp3) is 0.333. The second-order valence-corrected chi connectivity index (χ2v) is 7.12. The molecule has 112 valence electrons. The van der Waals surface area contributed by atoms with Crippen LogP contribution >= 0.6 is 27.7 Å². The number of hydrogen-bond donors (Lipinski definition) is 1. The molecule has 21 heavy (non-hydrogen) atoms. The molecule has 0 bridgehead atoms. The Balaban J connectivity index is 1.92. The van der Waals surface area contributed by atoms with E-state index in [1.54, 1.807) is 0 Å². The van der Waals surface area contributed by atoms with Gasteiger partial charge in [0.1, 0.15) is 0 Å². The van der Waals surface area contributed by atoms with Crippen molar-refractivity contribution in [1.82, 2.24) is 5.32 Å². The van der Waals surface area contributed by atoms with Crippen molar-refractivity contribution in [3.8, 4) is 0 Å². The lowest BCUT2D eigenvalue weighted by atomic mass is 10.1. The summed E-state index contributed by atoms with van der Waals surface area (Å²) in [5, 5.41) is 3.67. The van der Waals surface area contributed by atoms with E-state index in [-0.39, 0.29) is 0 Å². The molecule has 1 unspecified atom stereocenters. The summed E-state index contributed by atoms with van der Waals surface area (Å²) in [6.45, 7) is 3.30. The minimum atomic E-state index is 0.510. The Morgan fingerprint density at radius 1 is 1.10 bits per heavy atom. The third kappa shape index (κ3) is 6.25. The molecule has 0 amide bonds. The first-order valence-corrected chi connectivity index (χ1v) is 9.21. The molecule has 0 aliphatic rings. The van der Waals surface area contributed by atoms with Crippen LogP contribution in [0.4, 0.5) is 0 Å². The normalized spacial score (nSPS) is 12.3. The van der Waals surface area contributed by atoms with Gasteiger partial charge in [-0.05, 0) is 43.1 Å². The van der Waals surface area contributed by atoms with E-state index in [1.807, 2.05) is 11.8 Å². The van der Waals surface area contributed by atoms with Gasteiger partial charge in [0.25, 0.3) is 0 Å². The fourth-order valence-electron chi connectivity index (χ4n) is 2.19. The Morgan fingerprint density at radius 2 is 1.90 bits per heavy atom. The Labute approximate surface area is 140 Å². The van der Waals surface area contributed by atoms with Gasteiger partial charge in [-0.25, -0.2) is 0 Å². The fourth-order valence-corrected chi connectivity index (χ4v) is 3.76. The molecular formula is C18H22BrNS. The summed E-state index contributed by atoms with van der Waals surface area (Å²) in [7, 11) is 0. The summed E-state index contributed by atoms with van der Waals surface area (Å²) in [4.78, 5) is 1.32. The standard InChI is InChI=1S/C18H22BrNS/c1-2-11-20-17(12-15-7-4-3-5-8-15)14-21-18-10-6-9-16(19)13-18/h3-10,13,17,20H,2,11-12,14H2,1H3. The molecule has 0 aromatic heterocycles. The lowest BCUT2D eigenvalue weighted by Gasteiger charge is -2.18. The average Bonchev–Trinajstić information content (AvgIpc) is 2.51. The van der Waals surface area contributed by atoms with Crippen LogP contribution in [-0.4, -0.2) is 18.3 Å². The Kier molecular flexibility index (Phi) is 7.34. The largest absolute Gasteiger partial charge is 0.313 e. The smallest absolute Gasteiger partial charge is 0.0202 e. The second-order valence-electron chi connectivity index (χ2n) is 5.11. The highest BCUT2D eigenvalue weighted by atomic mass is 79.9. The van der Waals surface area contributed by atoms with Crippen LogP contribution < -0.4 is 5.32 Å². The van der Waals surface area contributed by atoms with Gasteiger partial charge in [0, 0.05) is 21.2 Å². The third-order valence-corrected chi connectivity index (χ3v) is 4.90. The van der Waals surface area contributed by atoms with Crippen molar-refractivity contribution < 1.29 is 0 Å². The van der Waals surface area contributed by atoms with Crippen LogP contribution in [0.25, 0.3) is 0 Å². The number of nitrogens with one attached hydrogen (secondary N) is 1. The molecule has 0 heterocycles. The van der Waals surface area contributed by atoms with Crippen LogP contribution in [0, 0.1) is 0 Å². The second kappa shape index (κ2) is 9.29. The van der Waals surface area contributed by atoms with E-state index in [0.717, 1.165) is 23.2 Å². The topological polar surface area (TPSA) is 12.0 Å². The Morgan fingerprint density at radius 3 is 2.62 bits per heavy atom. The summed E-state index contributed by atoms with van der Waals surface area (Å²) < 4.78 is 1.15. The molecule has 0 radical (unpaired) electrons. The van der Waals surface area contributed by atoms with Gasteiger partial charge < -0.3 is 5.32 Å². The lowest BCUT2D eigenvalue weighted by Crippen LogP contribution is -2.34. The summed E-state index contributed by atoms with van der Waals surface area (Å²) in [6, 6.07) is 19.8. The third-order valence-electron chi connectivity index (χ3n) is 3.26. The van der Waals surface area contributed by atoms with E-state index in [4.69, 9.17) is 0 Å². The van der Waals surface area contributed by atoms with Crippen molar-refractivity contribution in [3.63, 3.8) is 0 Å². The van der Waals surface area contributed by atoms with Crippen molar-refractivity contribution >= 4 is 27.7 Å². The van der Waals surface area contributed by atoms with Crippen molar-refractivity contribution in [2.45, 2.75) is 30.7 Å². The molecule has 2 rings (SSSR count). The number of halogens is 1. The van der Waals surface area contributed by atoms with Crippen molar-refractivity contribution in [3.05, 3.63) is 64.6 Å². The first-order valence-electron chi connectivity index (χ1n) is 7.43. The van der Waals surface area contributed by atoms with E-state index in [2.05, 4.69) is 82.8 Å². The van der Waals surface area contributed by atoms with Crippen LogP contribution in [0.2, 0.25) is 0 Å². The highest BCUT2D eigenvalue weighted by molar-refractivity contribution is 9.10. The van der Waals surface area contributed by atoms with Crippen LogP contribution in [0.1, 0.15) is 18.9 Å². The van der Waals surface area contributed by atoms with Gasteiger partial charge >= 0.3 is 0 Å². The summed E-state index contributed by atoms with van der Waals surface area (Å²) in [5.41, 5.74) is 1.40. The first kappa shape index (κ1) is 16.6. The predicted octanol–water partition coefficient (Wildman–Crippen LogP) is 5.15. The van der Waals surface area contributed by atoms with Crippen LogP contribution in [0.5, 0.6) is 0 Å². The van der Waals surface area contributed by atoms with E-state index in [9.17, 15) is 0 Å². The molecule has 0 saturated carbocycles. The number of benzene rings is 2. The molecule has 0 fully saturated rings. The predicted molar refractivity (Wildman–Crippen MR) is 97.1 cm³/mol. The molecule has 2 aromatic carbocycles. The molecule has 1 atom stereocenters. The zero-order valence-corrected chi connectivity index (χ0v) is 14.8. The molecule has 0 aliphatic carbocycles. The zero-order chi connectivity index (χ0) is 14.9. The van der Waals surface area contributed by atoms with Gasteiger partial charge in [0.15, 0.2) is 0 Å². The summed E-state index contributed by atoms with van der Waals surface area (Å²) >= 11 is 5.46. The Bertz CT molecular complexity index is 530. The van der Waals surface area contributed by atoms with Crippen molar-refractivity contribution in [2.75, 3.05) is 12.3 Å². The van der Waals surface area contributed by atoms with E-state index >= 15 is 0 Å². The zero-order valence-electron chi connectivity index (χ0n) is 12.4. The van der Waals surface area contributed by atoms with Crippen LogP contribution in [0.3, 0.4) is 0 Å². The van der Waals surface area contributed by atoms with Gasteiger partial charge in [0.05, 0.1) is 0 Å². The van der Waals surface area contributed by atoms with E-state index in [0.29, 0.717) is 6.04 Å². The van der Waals surface area contributed by atoms with E-state index < -0.39 is 0 Å². The van der Waals surface area contributed by atoms with Gasteiger partial charge in [0.2, 0.25) is 0 Å². The van der Waals surface area contributed by atoms with Crippen molar-refractivity contribution in [1.29, 1.82) is 0 Å². The molecule has 2 aromatic rings. The minimum absolute atomic E-state index is 0.510. The van der Waals surface area contributed by atoms with Crippen LogP contribution in [0.15, 0.2) is 64.0 Å². The number of thioether (sulfide) groups is 1. The molecular weight excluding hydrogens is 342 g/mol. The maximum Gasteiger partial charge on any atom is 0.0202 e. The van der Waals surface area contributed by atoms with Gasteiger partial charge in [-0.15, -0.1) is 11.8 Å². The highest BCUT2D eigenvalue weighted by Crippen LogP contribution is 2.23. The number of hydrogen-bond acceptors (Lipinski definition) is 2. The van der Waals surface area contributed by atoms with Crippen molar-refractivity contribution in [2.24, 2.45) is 0 Å². The van der Waals surface area contributed by atoms with Gasteiger partial charge in [-0.1, -0.05) is 59.3 Å². The quantitative estimate of drug-likeness (QED) is 0.650. The maximum atomic E-state index is 3.67. The minimum Gasteiger partial charge on any atom is -0.313 e. The average molecular weight is 364 g/mol. The monoisotopic (exact) mass is 363 g/mol. The van der Waals surface area contributed by atoms with Crippen LogP contribution in [-0.2, 0) is 6.42 Å². The molecule has 1 nitrogen and oxygen atoms in total. The SMILES string of the molecule is CCCNC(CSc1cccc(Br)c1)Cc1ccccc1. The lowest BCUT2D eigenvalue weighted by molar-refractivity contribution is 0.550. The Hall–Kier alpha value is -0.770. The summed E-state index contributed by atoms with van der Waals surface area (Å²) in [6.07, 6.45) is 2.26. The van der Waals surface area contributed by atoms with Gasteiger partial charge in [-0.3, -0.25) is 0 Å². The highest BCUT2D eigenvalue weighted by Gasteiger charge is 2.09. The molecule has 1 N–H and O–H groups in total. The first-order chi connectivity index (χ1) is 10.3. The van der Waals surface area contributed by atoms with E-state index in [1.165, 1.54) is 16.9 Å². The van der Waals surface area contributed by atoms with Gasteiger partial charge in [-0.2, -0.15) is 0 Å². The number of rotatable bonds is 8.